The summed E-state index contributed by atoms with van der Waals surface area (Å²) in [5, 5.41) is 0.644. The van der Waals surface area contributed by atoms with Crippen LogP contribution in [0.3, 0.4) is 0 Å². The van der Waals surface area contributed by atoms with Crippen molar-refractivity contribution >= 4 is 71.1 Å². The number of hydrogen-bond acceptors (Lipinski definition) is 2. The van der Waals surface area contributed by atoms with Gasteiger partial charge in [0.25, 0.3) is 10.1 Å². The first-order valence-electron chi connectivity index (χ1n) is 3.27. The van der Waals surface area contributed by atoms with E-state index in [4.69, 9.17) is 27.8 Å². The molecule has 0 heterocycles. The van der Waals surface area contributed by atoms with Crippen LogP contribution in [0, 0.1) is 0 Å². The molecule has 0 fully saturated rings. The molecule has 1 aromatic rings. The minimum atomic E-state index is -4.06. The first-order valence-corrected chi connectivity index (χ1v) is 5.64. The average molecular weight is 283 g/mol. The van der Waals surface area contributed by atoms with E-state index in [1.54, 1.807) is 0 Å². The van der Waals surface area contributed by atoms with E-state index in [1.807, 2.05) is 0 Å². The van der Waals surface area contributed by atoms with Gasteiger partial charge in [-0.25, -0.2) is 0 Å². The van der Waals surface area contributed by atoms with Gasteiger partial charge in [0.05, 0.1) is 0 Å². The molecule has 0 amide bonds. The standard InChI is InChI=1S/C7H6Cl2O3S.Ca.2H/c8-6-1-2-7(9)5(3-6)4-13(10,11)12;;;/h1-3H,4H2,(H,10,11,12);;;. The summed E-state index contributed by atoms with van der Waals surface area (Å²) in [6.45, 7) is 0. The second-order valence-corrected chi connectivity index (χ2v) is 4.76. The molecule has 7 heteroatoms. The van der Waals surface area contributed by atoms with Crippen molar-refractivity contribution in [3.63, 3.8) is 0 Å². The zero-order valence-electron chi connectivity index (χ0n) is 6.37. The van der Waals surface area contributed by atoms with Gasteiger partial charge in [0.2, 0.25) is 0 Å². The van der Waals surface area contributed by atoms with Crippen LogP contribution in [-0.4, -0.2) is 50.7 Å². The van der Waals surface area contributed by atoms with Gasteiger partial charge >= 0.3 is 37.7 Å². The molecule has 0 radical (unpaired) electrons. The maximum atomic E-state index is 10.5. The second-order valence-electron chi connectivity index (χ2n) is 2.46. The molecule has 3 nitrogen and oxygen atoms in total. The van der Waals surface area contributed by atoms with Crippen LogP contribution in [-0.2, 0) is 15.9 Å². The van der Waals surface area contributed by atoms with Crippen LogP contribution in [0.1, 0.15) is 5.56 Å². The Bertz CT molecular complexity index is 419. The average Bonchev–Trinajstić information content (AvgIpc) is 1.94. The van der Waals surface area contributed by atoms with Gasteiger partial charge in [-0.3, -0.25) is 4.55 Å². The Balaban J connectivity index is 0.00000169. The van der Waals surface area contributed by atoms with Crippen LogP contribution in [0.5, 0.6) is 0 Å². The van der Waals surface area contributed by atoms with Crippen molar-refractivity contribution in [1.29, 1.82) is 0 Å². The Hall–Kier alpha value is 0.970. The van der Waals surface area contributed by atoms with E-state index in [9.17, 15) is 8.42 Å². The van der Waals surface area contributed by atoms with Gasteiger partial charge in [0.1, 0.15) is 5.75 Å². The van der Waals surface area contributed by atoms with E-state index < -0.39 is 15.9 Å². The van der Waals surface area contributed by atoms with E-state index in [0.717, 1.165) is 0 Å². The van der Waals surface area contributed by atoms with E-state index in [-0.39, 0.29) is 48.3 Å². The number of halogens is 2. The molecular formula is C7H8CaCl2O3S. The predicted octanol–water partition coefficient (Wildman–Crippen LogP) is 1.46. The zero-order valence-corrected chi connectivity index (χ0v) is 8.70. The molecule has 0 atom stereocenters. The quantitative estimate of drug-likeness (QED) is 0.660. The van der Waals surface area contributed by atoms with Crippen molar-refractivity contribution in [3.8, 4) is 0 Å². The van der Waals surface area contributed by atoms with E-state index >= 15 is 0 Å². The van der Waals surface area contributed by atoms with Crippen molar-refractivity contribution in [2.24, 2.45) is 0 Å². The molecule has 1 N–H and O–H groups in total. The minimum absolute atomic E-state index is 0. The third-order valence-corrected chi connectivity index (χ3v) is 2.63. The van der Waals surface area contributed by atoms with Gasteiger partial charge in [-0.05, 0) is 23.8 Å². The van der Waals surface area contributed by atoms with Crippen molar-refractivity contribution in [2.45, 2.75) is 5.75 Å². The van der Waals surface area contributed by atoms with E-state index in [2.05, 4.69) is 0 Å². The van der Waals surface area contributed by atoms with Crippen LogP contribution in [0.4, 0.5) is 0 Å². The molecule has 0 aliphatic carbocycles. The Morgan fingerprint density at radius 1 is 1.29 bits per heavy atom. The fourth-order valence-electron chi connectivity index (χ4n) is 0.850. The normalized spacial score (nSPS) is 10.8. The molecule has 0 aliphatic rings. The topological polar surface area (TPSA) is 54.4 Å². The number of benzene rings is 1. The summed E-state index contributed by atoms with van der Waals surface area (Å²) in [4.78, 5) is 0. The SMILES string of the molecule is O=S(=O)(O)Cc1cc(Cl)ccc1Cl.[CaH2]. The number of rotatable bonds is 2. The van der Waals surface area contributed by atoms with Crippen LogP contribution in [0.15, 0.2) is 18.2 Å². The van der Waals surface area contributed by atoms with Crippen molar-refractivity contribution in [1.82, 2.24) is 0 Å². The third kappa shape index (κ3) is 5.16. The molecular weight excluding hydrogens is 275 g/mol. The van der Waals surface area contributed by atoms with Gasteiger partial charge in [0, 0.05) is 10.0 Å². The summed E-state index contributed by atoms with van der Waals surface area (Å²) in [5.74, 6) is -0.521. The van der Waals surface area contributed by atoms with Gasteiger partial charge in [-0.2, -0.15) is 8.42 Å². The third-order valence-electron chi connectivity index (χ3n) is 1.35. The Morgan fingerprint density at radius 3 is 2.36 bits per heavy atom. The molecule has 0 spiro atoms. The molecule has 0 aromatic heterocycles. The molecule has 76 valence electrons. The summed E-state index contributed by atoms with van der Waals surface area (Å²) >= 11 is 11.3. The zero-order chi connectivity index (χ0) is 10.1. The monoisotopic (exact) mass is 282 g/mol. The van der Waals surface area contributed by atoms with Crippen LogP contribution < -0.4 is 0 Å². The van der Waals surface area contributed by atoms with Crippen molar-refractivity contribution in [3.05, 3.63) is 33.8 Å². The summed E-state index contributed by atoms with van der Waals surface area (Å²) < 4.78 is 29.6. The Morgan fingerprint density at radius 2 is 1.86 bits per heavy atom. The van der Waals surface area contributed by atoms with Crippen LogP contribution in [0.25, 0.3) is 0 Å². The molecule has 1 aromatic carbocycles. The molecule has 0 bridgehead atoms. The van der Waals surface area contributed by atoms with Crippen molar-refractivity contribution in [2.75, 3.05) is 0 Å². The maximum absolute atomic E-state index is 10.5. The molecule has 0 saturated carbocycles. The summed E-state index contributed by atoms with van der Waals surface area (Å²) in [5.41, 5.74) is 0.289. The molecule has 0 saturated heterocycles. The van der Waals surface area contributed by atoms with Crippen molar-refractivity contribution < 1.29 is 13.0 Å². The first kappa shape index (κ1) is 15.0. The first-order chi connectivity index (χ1) is 5.88. The van der Waals surface area contributed by atoms with Crippen LogP contribution >= 0.6 is 23.2 Å². The van der Waals surface area contributed by atoms with Gasteiger partial charge in [-0.1, -0.05) is 23.2 Å². The van der Waals surface area contributed by atoms with Crippen LogP contribution in [0.2, 0.25) is 10.0 Å². The molecule has 0 unspecified atom stereocenters. The second kappa shape index (κ2) is 5.89. The Kier molecular flexibility index (Phi) is 6.30. The summed E-state index contributed by atoms with van der Waals surface area (Å²) in [6, 6.07) is 4.42. The van der Waals surface area contributed by atoms with E-state index in [1.165, 1.54) is 18.2 Å². The summed E-state index contributed by atoms with van der Waals surface area (Å²) in [7, 11) is -4.06. The molecule has 14 heavy (non-hydrogen) atoms. The van der Waals surface area contributed by atoms with Gasteiger partial charge < -0.3 is 0 Å². The Labute approximate surface area is 122 Å². The fraction of sp³-hybridized carbons (Fsp3) is 0.143. The summed E-state index contributed by atoms with van der Waals surface area (Å²) in [6.07, 6.45) is 0. The number of hydrogen-bond donors (Lipinski definition) is 1. The fourth-order valence-corrected chi connectivity index (χ4v) is 1.94. The van der Waals surface area contributed by atoms with Gasteiger partial charge in [-0.15, -0.1) is 0 Å². The molecule has 1 rings (SSSR count). The van der Waals surface area contributed by atoms with E-state index in [0.29, 0.717) is 5.02 Å². The predicted molar refractivity (Wildman–Crippen MR) is 60.3 cm³/mol. The van der Waals surface area contributed by atoms with Gasteiger partial charge in [0.15, 0.2) is 0 Å². The molecule has 0 aliphatic heterocycles.